The van der Waals surface area contributed by atoms with Crippen LogP contribution in [0, 0.1) is 0 Å². The van der Waals surface area contributed by atoms with E-state index in [-0.39, 0.29) is 5.69 Å². The molecule has 2 aromatic rings. The summed E-state index contributed by atoms with van der Waals surface area (Å²) in [5.41, 5.74) is 7.36. The Morgan fingerprint density at radius 3 is 2.75 bits per heavy atom. The molecule has 1 aromatic carbocycles. The van der Waals surface area contributed by atoms with E-state index in [1.54, 1.807) is 6.07 Å². The highest BCUT2D eigenvalue weighted by molar-refractivity contribution is 5.92. The van der Waals surface area contributed by atoms with Crippen molar-refractivity contribution in [2.24, 2.45) is 0 Å². The minimum atomic E-state index is -2.59. The number of rotatable bonds is 2. The van der Waals surface area contributed by atoms with Gasteiger partial charge in [-0.2, -0.15) is 0 Å². The molecule has 1 heterocycles. The molecule has 16 heavy (non-hydrogen) atoms. The number of nitrogen functional groups attached to an aromatic ring is 1. The normalized spacial score (nSPS) is 11.2. The van der Waals surface area contributed by atoms with Gasteiger partial charge in [0.05, 0.1) is 5.52 Å². The molecular weight excluding hydrogens is 210 g/mol. The lowest BCUT2D eigenvalue weighted by atomic mass is 10.1. The van der Waals surface area contributed by atoms with E-state index in [9.17, 15) is 8.78 Å². The Morgan fingerprint density at radius 2 is 2.12 bits per heavy atom. The summed E-state index contributed by atoms with van der Waals surface area (Å²) in [6.07, 6.45) is -1.84. The van der Waals surface area contributed by atoms with Crippen LogP contribution in [0.4, 0.5) is 14.5 Å². The Labute approximate surface area is 92.1 Å². The maximum atomic E-state index is 12.6. The summed E-state index contributed by atoms with van der Waals surface area (Å²) in [5.74, 6) is 0. The summed E-state index contributed by atoms with van der Waals surface area (Å²) in [6.45, 7) is 1.96. The fourth-order valence-corrected chi connectivity index (χ4v) is 1.75. The first-order chi connectivity index (χ1) is 7.63. The third-order valence-corrected chi connectivity index (χ3v) is 2.58. The van der Waals surface area contributed by atoms with Crippen LogP contribution in [-0.4, -0.2) is 4.98 Å². The average Bonchev–Trinajstić information content (AvgIpc) is 2.28. The van der Waals surface area contributed by atoms with Gasteiger partial charge in [0, 0.05) is 11.1 Å². The molecular formula is C12H12F2N2. The van der Waals surface area contributed by atoms with Crippen molar-refractivity contribution in [1.29, 1.82) is 0 Å². The summed E-state index contributed by atoms with van der Waals surface area (Å²) < 4.78 is 25.2. The molecule has 0 aliphatic carbocycles. The Hall–Kier alpha value is -1.71. The molecule has 0 unspecified atom stereocenters. The highest BCUT2D eigenvalue weighted by atomic mass is 19.3. The fraction of sp³-hybridized carbons (Fsp3) is 0.250. The molecule has 2 nitrogen and oxygen atoms in total. The van der Waals surface area contributed by atoms with Crippen molar-refractivity contribution < 1.29 is 8.78 Å². The molecule has 2 rings (SSSR count). The number of para-hydroxylation sites is 1. The zero-order valence-corrected chi connectivity index (χ0v) is 8.87. The third kappa shape index (κ3) is 1.71. The van der Waals surface area contributed by atoms with Crippen molar-refractivity contribution in [3.63, 3.8) is 0 Å². The van der Waals surface area contributed by atoms with Gasteiger partial charge in [-0.05, 0) is 18.1 Å². The maximum Gasteiger partial charge on any atom is 0.280 e. The second kappa shape index (κ2) is 4.04. The molecule has 0 amide bonds. The van der Waals surface area contributed by atoms with Gasteiger partial charge in [-0.1, -0.05) is 25.1 Å². The number of hydrogen-bond donors (Lipinski definition) is 1. The van der Waals surface area contributed by atoms with Crippen LogP contribution in [0.15, 0.2) is 24.3 Å². The zero-order chi connectivity index (χ0) is 11.7. The number of aryl methyl sites for hydroxylation is 1. The molecule has 0 atom stereocenters. The van der Waals surface area contributed by atoms with Crippen molar-refractivity contribution >= 4 is 16.6 Å². The van der Waals surface area contributed by atoms with Gasteiger partial charge in [0.25, 0.3) is 6.43 Å². The van der Waals surface area contributed by atoms with E-state index in [4.69, 9.17) is 5.73 Å². The van der Waals surface area contributed by atoms with Gasteiger partial charge in [-0.25, -0.2) is 13.8 Å². The molecule has 0 spiro atoms. The second-order valence-electron chi connectivity index (χ2n) is 3.60. The highest BCUT2D eigenvalue weighted by Gasteiger charge is 2.13. The molecule has 0 aliphatic heterocycles. The molecule has 0 aliphatic rings. The Balaban J connectivity index is 2.77. The first-order valence-corrected chi connectivity index (χ1v) is 5.09. The topological polar surface area (TPSA) is 38.9 Å². The van der Waals surface area contributed by atoms with Gasteiger partial charge in [0.1, 0.15) is 5.69 Å². The van der Waals surface area contributed by atoms with E-state index in [0.717, 1.165) is 17.4 Å². The molecule has 4 heteroatoms. The standard InChI is InChI=1S/C12H12F2N2/c1-2-7-4-3-5-8-9(15)6-10(12(13)14)16-11(7)8/h3-6,12H,2H2,1H3,(H2,15,16). The number of fused-ring (bicyclic) bond motifs is 1. The minimum absolute atomic E-state index is 0.258. The van der Waals surface area contributed by atoms with E-state index in [2.05, 4.69) is 4.98 Å². The molecule has 0 saturated carbocycles. The van der Waals surface area contributed by atoms with Gasteiger partial charge in [-0.15, -0.1) is 0 Å². The molecule has 2 N–H and O–H groups in total. The van der Waals surface area contributed by atoms with E-state index >= 15 is 0 Å². The Kier molecular flexibility index (Phi) is 2.73. The van der Waals surface area contributed by atoms with Gasteiger partial charge in [-0.3, -0.25) is 0 Å². The number of nitrogens with two attached hydrogens (primary N) is 1. The van der Waals surface area contributed by atoms with Gasteiger partial charge >= 0.3 is 0 Å². The summed E-state index contributed by atoms with van der Waals surface area (Å²) >= 11 is 0. The second-order valence-corrected chi connectivity index (χ2v) is 3.60. The van der Waals surface area contributed by atoms with Crippen molar-refractivity contribution in [3.05, 3.63) is 35.5 Å². The lowest BCUT2D eigenvalue weighted by molar-refractivity contribution is 0.146. The number of halogens is 2. The van der Waals surface area contributed by atoms with Crippen LogP contribution in [0.25, 0.3) is 10.9 Å². The lowest BCUT2D eigenvalue weighted by Crippen LogP contribution is -1.98. The van der Waals surface area contributed by atoms with Crippen LogP contribution < -0.4 is 5.73 Å². The van der Waals surface area contributed by atoms with E-state index in [1.165, 1.54) is 6.07 Å². The maximum absolute atomic E-state index is 12.6. The van der Waals surface area contributed by atoms with E-state index in [1.807, 2.05) is 19.1 Å². The van der Waals surface area contributed by atoms with E-state index in [0.29, 0.717) is 11.2 Å². The Morgan fingerprint density at radius 1 is 1.38 bits per heavy atom. The van der Waals surface area contributed by atoms with Gasteiger partial charge in [0.15, 0.2) is 0 Å². The van der Waals surface area contributed by atoms with Crippen LogP contribution in [0.5, 0.6) is 0 Å². The smallest absolute Gasteiger partial charge is 0.280 e. The van der Waals surface area contributed by atoms with Gasteiger partial charge < -0.3 is 5.73 Å². The molecule has 0 fully saturated rings. The first kappa shape index (κ1) is 10.8. The number of benzene rings is 1. The van der Waals surface area contributed by atoms with Crippen LogP contribution in [-0.2, 0) is 6.42 Å². The number of aromatic nitrogens is 1. The van der Waals surface area contributed by atoms with Crippen LogP contribution in [0.2, 0.25) is 0 Å². The van der Waals surface area contributed by atoms with Crippen LogP contribution in [0.1, 0.15) is 24.6 Å². The molecule has 0 saturated heterocycles. The molecule has 0 radical (unpaired) electrons. The summed E-state index contributed by atoms with van der Waals surface area (Å²) in [5, 5.41) is 0.740. The zero-order valence-electron chi connectivity index (χ0n) is 8.87. The average molecular weight is 222 g/mol. The number of nitrogens with zero attached hydrogens (tertiary/aromatic N) is 1. The first-order valence-electron chi connectivity index (χ1n) is 5.09. The van der Waals surface area contributed by atoms with Crippen molar-refractivity contribution in [2.75, 3.05) is 5.73 Å². The van der Waals surface area contributed by atoms with Gasteiger partial charge in [0.2, 0.25) is 0 Å². The minimum Gasteiger partial charge on any atom is -0.398 e. The quantitative estimate of drug-likeness (QED) is 0.846. The fourth-order valence-electron chi connectivity index (χ4n) is 1.75. The number of pyridine rings is 1. The van der Waals surface area contributed by atoms with Crippen LogP contribution in [0.3, 0.4) is 0 Å². The predicted molar refractivity (Wildman–Crippen MR) is 60.5 cm³/mol. The van der Waals surface area contributed by atoms with Crippen molar-refractivity contribution in [3.8, 4) is 0 Å². The SMILES string of the molecule is CCc1cccc2c(N)cc(C(F)F)nc12. The Bertz CT molecular complexity index is 524. The number of anilines is 1. The lowest BCUT2D eigenvalue weighted by Gasteiger charge is -2.08. The third-order valence-electron chi connectivity index (χ3n) is 2.58. The van der Waals surface area contributed by atoms with Crippen molar-refractivity contribution in [2.45, 2.75) is 19.8 Å². The molecule has 1 aromatic heterocycles. The van der Waals surface area contributed by atoms with Crippen LogP contribution >= 0.6 is 0 Å². The summed E-state index contributed by atoms with van der Waals surface area (Å²) in [7, 11) is 0. The molecule has 0 bridgehead atoms. The largest absolute Gasteiger partial charge is 0.398 e. The van der Waals surface area contributed by atoms with Crippen molar-refractivity contribution in [1.82, 2.24) is 4.98 Å². The highest BCUT2D eigenvalue weighted by Crippen LogP contribution is 2.27. The summed E-state index contributed by atoms with van der Waals surface area (Å²) in [6, 6.07) is 6.78. The predicted octanol–water partition coefficient (Wildman–Crippen LogP) is 3.32. The monoisotopic (exact) mass is 222 g/mol. The van der Waals surface area contributed by atoms with E-state index < -0.39 is 6.43 Å². The number of hydrogen-bond acceptors (Lipinski definition) is 2. The number of alkyl halides is 2. The molecule has 84 valence electrons. The summed E-state index contributed by atoms with van der Waals surface area (Å²) in [4.78, 5) is 3.98.